The molecule has 2 nitrogen and oxygen atoms in total. The summed E-state index contributed by atoms with van der Waals surface area (Å²) < 4.78 is 15.7. The minimum absolute atomic E-state index is 0.206. The van der Waals surface area contributed by atoms with Crippen molar-refractivity contribution in [3.05, 3.63) is 29.8 Å². The van der Waals surface area contributed by atoms with Crippen LogP contribution in [-0.2, 0) is 5.88 Å². The molecule has 0 atom stereocenters. The summed E-state index contributed by atoms with van der Waals surface area (Å²) in [5.41, 5.74) is 1.74. The summed E-state index contributed by atoms with van der Waals surface area (Å²) in [5.74, 6) is 1.88. The molecule has 2 aromatic rings. The van der Waals surface area contributed by atoms with Gasteiger partial charge in [-0.25, -0.2) is 9.37 Å². The van der Waals surface area contributed by atoms with Crippen LogP contribution in [-0.4, -0.2) is 9.55 Å². The van der Waals surface area contributed by atoms with Crippen LogP contribution in [0.3, 0.4) is 0 Å². The van der Waals surface area contributed by atoms with E-state index in [4.69, 9.17) is 11.6 Å². The Morgan fingerprint density at radius 1 is 1.30 bits per heavy atom. The molecule has 0 saturated heterocycles. The van der Waals surface area contributed by atoms with E-state index < -0.39 is 0 Å². The molecule has 1 heterocycles. The molecular weight excluding hydrogens is 275 g/mol. The smallest absolute Gasteiger partial charge is 0.125 e. The normalized spacial score (nSPS) is 23.4. The summed E-state index contributed by atoms with van der Waals surface area (Å²) in [4.78, 5) is 4.55. The second-order valence-electron chi connectivity index (χ2n) is 5.75. The molecule has 0 bridgehead atoms. The molecule has 0 aliphatic heterocycles. The van der Waals surface area contributed by atoms with Gasteiger partial charge in [0.2, 0.25) is 0 Å². The fourth-order valence-electron chi connectivity index (χ4n) is 3.43. The molecule has 1 aliphatic carbocycles. The first-order chi connectivity index (χ1) is 9.72. The Hall–Kier alpha value is -1.09. The van der Waals surface area contributed by atoms with E-state index in [0.717, 1.165) is 35.6 Å². The number of hydrogen-bond acceptors (Lipinski definition) is 1. The van der Waals surface area contributed by atoms with Gasteiger partial charge >= 0.3 is 0 Å². The lowest BCUT2D eigenvalue weighted by Crippen LogP contribution is -2.19. The molecule has 1 saturated carbocycles. The number of fused-ring (bicyclic) bond motifs is 1. The quantitative estimate of drug-likeness (QED) is 0.724. The van der Waals surface area contributed by atoms with E-state index in [9.17, 15) is 4.39 Å². The number of halogens is 2. The molecule has 1 aliphatic rings. The van der Waals surface area contributed by atoms with Crippen LogP contribution < -0.4 is 0 Å². The van der Waals surface area contributed by atoms with Crippen LogP contribution in [0.1, 0.15) is 50.9 Å². The van der Waals surface area contributed by atoms with Gasteiger partial charge < -0.3 is 4.57 Å². The van der Waals surface area contributed by atoms with Crippen molar-refractivity contribution >= 4 is 22.6 Å². The molecule has 0 radical (unpaired) electrons. The van der Waals surface area contributed by atoms with Crippen LogP contribution in [0.2, 0.25) is 0 Å². The number of imidazole rings is 1. The predicted octanol–water partition coefficient (Wildman–Crippen LogP) is 5.06. The van der Waals surface area contributed by atoms with Crippen LogP contribution in [0.5, 0.6) is 0 Å². The van der Waals surface area contributed by atoms with Gasteiger partial charge in [0.15, 0.2) is 0 Å². The molecule has 108 valence electrons. The average Bonchev–Trinajstić information content (AvgIpc) is 2.85. The van der Waals surface area contributed by atoms with Crippen molar-refractivity contribution in [1.29, 1.82) is 0 Å². The van der Waals surface area contributed by atoms with Crippen LogP contribution in [0, 0.1) is 11.7 Å². The average molecular weight is 295 g/mol. The van der Waals surface area contributed by atoms with E-state index in [1.807, 2.05) is 0 Å². The highest BCUT2D eigenvalue weighted by molar-refractivity contribution is 6.16. The first-order valence-electron chi connectivity index (χ1n) is 7.45. The van der Waals surface area contributed by atoms with Gasteiger partial charge in [-0.15, -0.1) is 11.6 Å². The summed E-state index contributed by atoms with van der Waals surface area (Å²) in [6, 6.07) is 5.21. The van der Waals surface area contributed by atoms with E-state index in [-0.39, 0.29) is 5.82 Å². The maximum atomic E-state index is 13.5. The van der Waals surface area contributed by atoms with Crippen LogP contribution >= 0.6 is 11.6 Å². The van der Waals surface area contributed by atoms with E-state index in [1.165, 1.54) is 25.3 Å². The summed E-state index contributed by atoms with van der Waals surface area (Å²) in [7, 11) is 0. The molecule has 20 heavy (non-hydrogen) atoms. The molecular formula is C16H20ClFN2. The lowest BCUT2D eigenvalue weighted by Gasteiger charge is -2.30. The number of nitrogens with zero attached hydrogens (tertiary/aromatic N) is 2. The number of hydrogen-bond donors (Lipinski definition) is 0. The van der Waals surface area contributed by atoms with E-state index in [0.29, 0.717) is 11.9 Å². The maximum Gasteiger partial charge on any atom is 0.125 e. The standard InChI is InChI=1S/C16H20ClFN2/c1-2-11-3-6-13(7-4-11)20-15-9-12(18)5-8-14(15)19-16(20)10-17/h5,8-9,11,13H,2-4,6-7,10H2,1H3. The first kappa shape index (κ1) is 13.9. The zero-order valence-electron chi connectivity index (χ0n) is 11.8. The second kappa shape index (κ2) is 5.72. The molecule has 3 rings (SSSR count). The van der Waals surface area contributed by atoms with Gasteiger partial charge in [0, 0.05) is 6.04 Å². The number of alkyl halides is 1. The van der Waals surface area contributed by atoms with Crippen molar-refractivity contribution in [2.24, 2.45) is 5.92 Å². The van der Waals surface area contributed by atoms with Gasteiger partial charge in [-0.1, -0.05) is 13.3 Å². The first-order valence-corrected chi connectivity index (χ1v) is 7.98. The number of aromatic nitrogens is 2. The van der Waals surface area contributed by atoms with Crippen molar-refractivity contribution in [1.82, 2.24) is 9.55 Å². The van der Waals surface area contributed by atoms with E-state index in [1.54, 1.807) is 12.1 Å². The van der Waals surface area contributed by atoms with Crippen molar-refractivity contribution in [2.75, 3.05) is 0 Å². The fourth-order valence-corrected chi connectivity index (χ4v) is 3.62. The van der Waals surface area contributed by atoms with Crippen molar-refractivity contribution in [2.45, 2.75) is 50.9 Å². The SMILES string of the molecule is CCC1CCC(n2c(CCl)nc3ccc(F)cc32)CC1. The van der Waals surface area contributed by atoms with Crippen molar-refractivity contribution in [3.8, 4) is 0 Å². The van der Waals surface area contributed by atoms with Gasteiger partial charge in [0.25, 0.3) is 0 Å². The number of rotatable bonds is 3. The molecule has 1 aromatic heterocycles. The molecule has 0 N–H and O–H groups in total. The Bertz CT molecular complexity index is 600. The Morgan fingerprint density at radius 3 is 2.70 bits per heavy atom. The van der Waals surface area contributed by atoms with Gasteiger partial charge in [-0.05, 0) is 49.8 Å². The minimum Gasteiger partial charge on any atom is -0.324 e. The zero-order chi connectivity index (χ0) is 14.1. The summed E-state index contributed by atoms with van der Waals surface area (Å²) in [6.45, 7) is 2.26. The van der Waals surface area contributed by atoms with Gasteiger partial charge in [0.05, 0.1) is 16.9 Å². The monoisotopic (exact) mass is 294 g/mol. The Balaban J connectivity index is 1.99. The van der Waals surface area contributed by atoms with Crippen LogP contribution in [0.25, 0.3) is 11.0 Å². The Labute approximate surface area is 123 Å². The minimum atomic E-state index is -0.206. The van der Waals surface area contributed by atoms with Gasteiger partial charge in [-0.3, -0.25) is 0 Å². The maximum absolute atomic E-state index is 13.5. The Morgan fingerprint density at radius 2 is 2.05 bits per heavy atom. The van der Waals surface area contributed by atoms with Gasteiger partial charge in [0.1, 0.15) is 11.6 Å². The second-order valence-corrected chi connectivity index (χ2v) is 6.01. The molecule has 0 spiro atoms. The van der Waals surface area contributed by atoms with E-state index in [2.05, 4.69) is 16.5 Å². The summed E-state index contributed by atoms with van der Waals surface area (Å²) >= 11 is 6.04. The third-order valence-electron chi connectivity index (χ3n) is 4.60. The topological polar surface area (TPSA) is 17.8 Å². The lowest BCUT2D eigenvalue weighted by molar-refractivity contribution is 0.270. The molecule has 0 amide bonds. The summed E-state index contributed by atoms with van der Waals surface area (Å²) in [5, 5.41) is 0. The molecule has 1 aromatic carbocycles. The largest absolute Gasteiger partial charge is 0.324 e. The zero-order valence-corrected chi connectivity index (χ0v) is 12.5. The Kier molecular flexibility index (Phi) is 3.97. The molecule has 0 unspecified atom stereocenters. The predicted molar refractivity (Wildman–Crippen MR) is 80.5 cm³/mol. The highest BCUT2D eigenvalue weighted by Gasteiger charge is 2.24. The van der Waals surface area contributed by atoms with Gasteiger partial charge in [-0.2, -0.15) is 0 Å². The summed E-state index contributed by atoms with van der Waals surface area (Å²) in [6.07, 6.45) is 6.04. The molecule has 1 fully saturated rings. The van der Waals surface area contributed by atoms with Crippen molar-refractivity contribution < 1.29 is 4.39 Å². The van der Waals surface area contributed by atoms with Crippen LogP contribution in [0.4, 0.5) is 4.39 Å². The lowest BCUT2D eigenvalue weighted by atomic mass is 9.84. The number of benzene rings is 1. The highest BCUT2D eigenvalue weighted by atomic mass is 35.5. The van der Waals surface area contributed by atoms with Crippen LogP contribution in [0.15, 0.2) is 18.2 Å². The third kappa shape index (κ3) is 2.44. The van der Waals surface area contributed by atoms with E-state index >= 15 is 0 Å². The third-order valence-corrected chi connectivity index (χ3v) is 4.84. The highest BCUT2D eigenvalue weighted by Crippen LogP contribution is 2.36. The molecule has 4 heteroatoms. The fraction of sp³-hybridized carbons (Fsp3) is 0.562. The van der Waals surface area contributed by atoms with Crippen molar-refractivity contribution in [3.63, 3.8) is 0 Å².